The van der Waals surface area contributed by atoms with Gasteiger partial charge in [-0.15, -0.1) is 6.58 Å². The summed E-state index contributed by atoms with van der Waals surface area (Å²) in [5.41, 5.74) is 0. The van der Waals surface area contributed by atoms with Gasteiger partial charge in [-0.25, -0.2) is 0 Å². The van der Waals surface area contributed by atoms with Gasteiger partial charge in [-0.1, -0.05) is 6.08 Å². The van der Waals surface area contributed by atoms with Crippen LogP contribution in [0.15, 0.2) is 12.7 Å². The van der Waals surface area contributed by atoms with Crippen molar-refractivity contribution in [1.82, 2.24) is 4.90 Å². The first kappa shape index (κ1) is 7.35. The molecule has 1 heteroatoms. The van der Waals surface area contributed by atoms with Crippen LogP contribution >= 0.6 is 0 Å². The Hall–Kier alpha value is -0.300. The molecule has 0 N–H and O–H groups in total. The second-order valence-corrected chi connectivity index (χ2v) is 3.79. The highest BCUT2D eigenvalue weighted by molar-refractivity contribution is 4.96. The molecular formula is C10H17N. The van der Waals surface area contributed by atoms with Crippen LogP contribution in [0.5, 0.6) is 0 Å². The molecule has 0 aromatic carbocycles. The first-order chi connectivity index (χ1) is 5.42. The zero-order chi connectivity index (χ0) is 7.68. The Balaban J connectivity index is 2.06. The van der Waals surface area contributed by atoms with Crippen LogP contribution in [0.1, 0.15) is 25.7 Å². The molecule has 2 atom stereocenters. The first-order valence-electron chi connectivity index (χ1n) is 4.78. The van der Waals surface area contributed by atoms with Crippen molar-refractivity contribution in [3.8, 4) is 0 Å². The van der Waals surface area contributed by atoms with Crippen molar-refractivity contribution in [2.24, 2.45) is 5.92 Å². The minimum Gasteiger partial charge on any atom is -0.300 e. The van der Waals surface area contributed by atoms with Crippen LogP contribution in [0, 0.1) is 5.92 Å². The highest BCUT2D eigenvalue weighted by atomic mass is 15.2. The van der Waals surface area contributed by atoms with E-state index >= 15 is 0 Å². The molecule has 0 spiro atoms. The van der Waals surface area contributed by atoms with Gasteiger partial charge in [0.2, 0.25) is 0 Å². The number of rotatable bonds is 1. The highest BCUT2D eigenvalue weighted by Gasteiger charge is 2.32. The molecule has 0 unspecified atom stereocenters. The average molecular weight is 151 g/mol. The summed E-state index contributed by atoms with van der Waals surface area (Å²) in [4.78, 5) is 2.65. The van der Waals surface area contributed by atoms with E-state index in [-0.39, 0.29) is 0 Å². The van der Waals surface area contributed by atoms with E-state index in [2.05, 4.69) is 17.6 Å². The molecule has 2 aliphatic heterocycles. The maximum Gasteiger partial charge on any atom is 0.0158 e. The SMILES string of the molecule is C=C[C@@H]1CCCN2CCC[C@@H]12. The standard InChI is InChI=1S/C10H17N/c1-2-9-5-3-7-11-8-4-6-10(9)11/h2,9-10H,1,3-8H2/t9-,10+/m1/s1. The van der Waals surface area contributed by atoms with Crippen molar-refractivity contribution in [1.29, 1.82) is 0 Å². The fourth-order valence-corrected chi connectivity index (χ4v) is 2.61. The lowest BCUT2D eigenvalue weighted by molar-refractivity contribution is 0.159. The molecular weight excluding hydrogens is 134 g/mol. The predicted molar refractivity (Wildman–Crippen MR) is 47.5 cm³/mol. The average Bonchev–Trinajstić information content (AvgIpc) is 2.50. The Bertz CT molecular complexity index is 153. The van der Waals surface area contributed by atoms with Crippen LogP contribution in [0.25, 0.3) is 0 Å². The van der Waals surface area contributed by atoms with E-state index in [0.29, 0.717) is 0 Å². The van der Waals surface area contributed by atoms with Crippen molar-refractivity contribution < 1.29 is 0 Å². The molecule has 0 amide bonds. The van der Waals surface area contributed by atoms with E-state index in [0.717, 1.165) is 12.0 Å². The number of fused-ring (bicyclic) bond motifs is 1. The normalized spacial score (nSPS) is 38.5. The second-order valence-electron chi connectivity index (χ2n) is 3.79. The van der Waals surface area contributed by atoms with Crippen molar-refractivity contribution in [2.45, 2.75) is 31.7 Å². The van der Waals surface area contributed by atoms with E-state index in [1.165, 1.54) is 38.8 Å². The Morgan fingerprint density at radius 2 is 1.91 bits per heavy atom. The second kappa shape index (κ2) is 2.98. The molecule has 2 saturated heterocycles. The topological polar surface area (TPSA) is 3.24 Å². The summed E-state index contributed by atoms with van der Waals surface area (Å²) in [7, 11) is 0. The molecule has 2 fully saturated rings. The molecule has 1 nitrogen and oxygen atoms in total. The molecule has 11 heavy (non-hydrogen) atoms. The lowest BCUT2D eigenvalue weighted by atomic mass is 9.89. The van der Waals surface area contributed by atoms with Gasteiger partial charge in [-0.3, -0.25) is 4.90 Å². The highest BCUT2D eigenvalue weighted by Crippen LogP contribution is 2.31. The van der Waals surface area contributed by atoms with Crippen molar-refractivity contribution >= 4 is 0 Å². The molecule has 2 heterocycles. The fourth-order valence-electron chi connectivity index (χ4n) is 2.61. The zero-order valence-corrected chi connectivity index (χ0v) is 7.13. The van der Waals surface area contributed by atoms with E-state index in [1.807, 2.05) is 0 Å². The molecule has 0 aliphatic carbocycles. The molecule has 2 rings (SSSR count). The summed E-state index contributed by atoms with van der Waals surface area (Å²) >= 11 is 0. The molecule has 2 aliphatic rings. The third-order valence-corrected chi connectivity index (χ3v) is 3.19. The van der Waals surface area contributed by atoms with Crippen LogP contribution in [0.4, 0.5) is 0 Å². The molecule has 0 bridgehead atoms. The lowest BCUT2D eigenvalue weighted by Gasteiger charge is -2.34. The number of piperidine rings is 1. The van der Waals surface area contributed by atoms with E-state index < -0.39 is 0 Å². The molecule has 0 aromatic heterocycles. The third kappa shape index (κ3) is 1.22. The van der Waals surface area contributed by atoms with Crippen LogP contribution in [0.3, 0.4) is 0 Å². The van der Waals surface area contributed by atoms with E-state index in [1.54, 1.807) is 0 Å². The Kier molecular flexibility index (Phi) is 1.99. The maximum absolute atomic E-state index is 3.92. The van der Waals surface area contributed by atoms with E-state index in [4.69, 9.17) is 0 Å². The number of hydrogen-bond donors (Lipinski definition) is 0. The van der Waals surface area contributed by atoms with Gasteiger partial charge >= 0.3 is 0 Å². The van der Waals surface area contributed by atoms with Gasteiger partial charge in [0, 0.05) is 6.04 Å². The minimum atomic E-state index is 0.797. The van der Waals surface area contributed by atoms with Gasteiger partial charge in [0.25, 0.3) is 0 Å². The summed E-state index contributed by atoms with van der Waals surface area (Å²) in [5.74, 6) is 0.797. The summed E-state index contributed by atoms with van der Waals surface area (Å²) in [6.07, 6.45) is 7.76. The van der Waals surface area contributed by atoms with Gasteiger partial charge in [0.15, 0.2) is 0 Å². The quantitative estimate of drug-likeness (QED) is 0.518. The van der Waals surface area contributed by atoms with Crippen LogP contribution in [0.2, 0.25) is 0 Å². The Morgan fingerprint density at radius 1 is 1.18 bits per heavy atom. The molecule has 0 saturated carbocycles. The number of nitrogens with zero attached hydrogens (tertiary/aromatic N) is 1. The van der Waals surface area contributed by atoms with Crippen LogP contribution in [-0.2, 0) is 0 Å². The minimum absolute atomic E-state index is 0.797. The molecule has 0 radical (unpaired) electrons. The molecule has 0 aromatic rings. The smallest absolute Gasteiger partial charge is 0.0158 e. The number of hydrogen-bond acceptors (Lipinski definition) is 1. The van der Waals surface area contributed by atoms with Gasteiger partial charge in [0.05, 0.1) is 0 Å². The Labute approximate surface area is 69.1 Å². The largest absolute Gasteiger partial charge is 0.300 e. The van der Waals surface area contributed by atoms with Gasteiger partial charge < -0.3 is 0 Å². The summed E-state index contributed by atoms with van der Waals surface area (Å²) in [6.45, 7) is 6.60. The lowest BCUT2D eigenvalue weighted by Crippen LogP contribution is -2.39. The van der Waals surface area contributed by atoms with Crippen molar-refractivity contribution in [3.05, 3.63) is 12.7 Å². The summed E-state index contributed by atoms with van der Waals surface area (Å²) in [5, 5.41) is 0. The monoisotopic (exact) mass is 151 g/mol. The van der Waals surface area contributed by atoms with E-state index in [9.17, 15) is 0 Å². The summed E-state index contributed by atoms with van der Waals surface area (Å²) in [6, 6.07) is 0.862. The first-order valence-corrected chi connectivity index (χ1v) is 4.78. The fraction of sp³-hybridized carbons (Fsp3) is 0.800. The van der Waals surface area contributed by atoms with Gasteiger partial charge in [-0.2, -0.15) is 0 Å². The zero-order valence-electron chi connectivity index (χ0n) is 7.13. The van der Waals surface area contributed by atoms with Crippen molar-refractivity contribution in [2.75, 3.05) is 13.1 Å². The van der Waals surface area contributed by atoms with Gasteiger partial charge in [-0.05, 0) is 44.7 Å². The summed E-state index contributed by atoms with van der Waals surface area (Å²) < 4.78 is 0. The Morgan fingerprint density at radius 3 is 2.64 bits per heavy atom. The van der Waals surface area contributed by atoms with Crippen LogP contribution < -0.4 is 0 Å². The van der Waals surface area contributed by atoms with Gasteiger partial charge in [0.1, 0.15) is 0 Å². The molecule has 62 valence electrons. The van der Waals surface area contributed by atoms with Crippen molar-refractivity contribution in [3.63, 3.8) is 0 Å². The predicted octanol–water partition coefficient (Wildman–Crippen LogP) is 2.05. The third-order valence-electron chi connectivity index (χ3n) is 3.19. The maximum atomic E-state index is 3.92. The van der Waals surface area contributed by atoms with Crippen LogP contribution in [-0.4, -0.2) is 24.0 Å².